The van der Waals surface area contributed by atoms with Gasteiger partial charge in [-0.3, -0.25) is 24.6 Å². The average Bonchev–Trinajstić information content (AvgIpc) is 3.23. The molecule has 0 unspecified atom stereocenters. The van der Waals surface area contributed by atoms with E-state index >= 15 is 0 Å². The molecule has 2 N–H and O–H groups in total. The molecule has 1 aliphatic heterocycles. The Balaban J connectivity index is 1.41. The Morgan fingerprint density at radius 2 is 1.93 bits per heavy atom. The van der Waals surface area contributed by atoms with Crippen LogP contribution in [0.5, 0.6) is 5.75 Å². The summed E-state index contributed by atoms with van der Waals surface area (Å²) in [5.74, 6) is 0.615. The van der Waals surface area contributed by atoms with E-state index in [9.17, 15) is 19.7 Å². The third kappa shape index (κ3) is 7.93. The van der Waals surface area contributed by atoms with Crippen LogP contribution >= 0.6 is 23.4 Å². The number of hydrogen-bond donors (Lipinski definition) is 2. The molecule has 2 heterocycles. The Morgan fingerprint density at radius 1 is 1.18 bits per heavy atom. The van der Waals surface area contributed by atoms with Crippen LogP contribution in [0, 0.1) is 10.1 Å². The fraction of sp³-hybridized carbons (Fsp3) is 0.259. The minimum atomic E-state index is -0.657. The number of hydrogen-bond acceptors (Lipinski definition) is 9. The smallest absolute Gasteiger partial charge is 0.287 e. The van der Waals surface area contributed by atoms with Crippen LogP contribution in [0.1, 0.15) is 19.8 Å². The van der Waals surface area contributed by atoms with Gasteiger partial charge in [0.2, 0.25) is 11.8 Å². The lowest BCUT2D eigenvalue weighted by Crippen LogP contribution is -2.36. The van der Waals surface area contributed by atoms with Crippen molar-refractivity contribution >= 4 is 63.2 Å². The Labute approximate surface area is 240 Å². The minimum absolute atomic E-state index is 0.0366. The predicted octanol–water partition coefficient (Wildman–Crippen LogP) is 5.50. The van der Waals surface area contributed by atoms with Crippen molar-refractivity contribution in [3.8, 4) is 5.75 Å². The van der Waals surface area contributed by atoms with Crippen molar-refractivity contribution in [2.75, 3.05) is 30.3 Å². The summed E-state index contributed by atoms with van der Waals surface area (Å²) < 4.78 is 5.57. The molecule has 3 aromatic rings. The number of pyridine rings is 1. The number of aliphatic imine (C=N–C) groups is 1. The molecule has 208 valence electrons. The quantitative estimate of drug-likeness (QED) is 0.211. The van der Waals surface area contributed by atoms with Crippen molar-refractivity contribution in [1.82, 2.24) is 9.88 Å². The van der Waals surface area contributed by atoms with Crippen LogP contribution in [0.2, 0.25) is 5.02 Å². The fourth-order valence-corrected chi connectivity index (χ4v) is 5.00. The highest BCUT2D eigenvalue weighted by Crippen LogP contribution is 2.32. The molecule has 13 heteroatoms. The standard InChI is InChI=1S/C27H27ClN6O5S/c1-2-15-39-22-10-7-19(8-11-22)31-25(35)16-23-26(36)33(27(40-23)32-20-5-3-18(28)4-6-20)14-13-29-24-12-9-21(17-30-24)34(37)38/h3-12,17,23H,2,13-16H2,1H3,(H,29,30)(H,31,35)/t23-/m0/s1. The lowest BCUT2D eigenvalue weighted by atomic mass is 10.2. The van der Waals surface area contributed by atoms with Gasteiger partial charge in [-0.1, -0.05) is 30.3 Å². The molecule has 4 rings (SSSR count). The Bertz CT molecular complexity index is 1370. The van der Waals surface area contributed by atoms with Crippen molar-refractivity contribution in [2.45, 2.75) is 25.0 Å². The third-order valence-corrected chi connectivity index (χ3v) is 7.08. The van der Waals surface area contributed by atoms with Gasteiger partial charge in [0.1, 0.15) is 23.0 Å². The van der Waals surface area contributed by atoms with Gasteiger partial charge < -0.3 is 15.4 Å². The van der Waals surface area contributed by atoms with E-state index in [0.717, 1.165) is 18.4 Å². The number of thioether (sulfide) groups is 1. The number of rotatable bonds is 12. The number of carbonyl (C=O) groups is 2. The fourth-order valence-electron chi connectivity index (χ4n) is 3.69. The molecule has 11 nitrogen and oxygen atoms in total. The Hall–Kier alpha value is -4.16. The van der Waals surface area contributed by atoms with E-state index in [2.05, 4.69) is 20.6 Å². The molecule has 1 saturated heterocycles. The largest absolute Gasteiger partial charge is 0.494 e. The van der Waals surface area contributed by atoms with Crippen molar-refractivity contribution < 1.29 is 19.2 Å². The number of anilines is 2. The van der Waals surface area contributed by atoms with Crippen LogP contribution in [-0.2, 0) is 9.59 Å². The van der Waals surface area contributed by atoms with Crippen molar-refractivity contribution in [3.63, 3.8) is 0 Å². The number of aromatic nitrogens is 1. The van der Waals surface area contributed by atoms with Crippen molar-refractivity contribution in [2.24, 2.45) is 4.99 Å². The third-order valence-electron chi connectivity index (χ3n) is 5.65. The molecule has 40 heavy (non-hydrogen) atoms. The predicted molar refractivity (Wildman–Crippen MR) is 156 cm³/mol. The Kier molecular flexibility index (Phi) is 9.92. The first-order valence-electron chi connectivity index (χ1n) is 12.5. The molecule has 0 bridgehead atoms. The zero-order valence-corrected chi connectivity index (χ0v) is 23.2. The molecule has 0 aliphatic carbocycles. The zero-order chi connectivity index (χ0) is 28.5. The summed E-state index contributed by atoms with van der Waals surface area (Å²) in [6.45, 7) is 3.19. The highest BCUT2D eigenvalue weighted by atomic mass is 35.5. The summed E-state index contributed by atoms with van der Waals surface area (Å²) in [5, 5.41) is 17.1. The van der Waals surface area contributed by atoms with Crippen LogP contribution in [0.25, 0.3) is 0 Å². The first-order valence-corrected chi connectivity index (χ1v) is 13.8. The molecule has 1 aliphatic rings. The molecular weight excluding hydrogens is 556 g/mol. The van der Waals surface area contributed by atoms with Crippen LogP contribution in [0.4, 0.5) is 22.9 Å². The van der Waals surface area contributed by atoms with E-state index in [1.165, 1.54) is 28.8 Å². The van der Waals surface area contributed by atoms with Gasteiger partial charge in [0.05, 0.1) is 17.2 Å². The van der Waals surface area contributed by atoms with Gasteiger partial charge in [0.15, 0.2) is 5.17 Å². The number of benzene rings is 2. The zero-order valence-electron chi connectivity index (χ0n) is 21.6. The normalized spacial score (nSPS) is 15.8. The summed E-state index contributed by atoms with van der Waals surface area (Å²) >= 11 is 7.21. The number of halogens is 1. The summed E-state index contributed by atoms with van der Waals surface area (Å²) in [5.41, 5.74) is 1.11. The number of ether oxygens (including phenoxy) is 1. The van der Waals surface area contributed by atoms with Crippen LogP contribution in [-0.4, -0.2) is 56.7 Å². The SMILES string of the molecule is CCCOc1ccc(NC(=O)C[C@@H]2SC(=Nc3ccc(Cl)cc3)N(CCNc3ccc([N+](=O)[O-])cn3)C2=O)cc1. The summed E-state index contributed by atoms with van der Waals surface area (Å²) in [4.78, 5) is 46.6. The number of amides is 2. The maximum atomic E-state index is 13.3. The van der Waals surface area contributed by atoms with E-state index in [1.807, 2.05) is 6.92 Å². The van der Waals surface area contributed by atoms with Crippen LogP contribution in [0.15, 0.2) is 71.9 Å². The molecule has 0 saturated carbocycles. The van der Waals surface area contributed by atoms with Gasteiger partial charge in [-0.15, -0.1) is 0 Å². The molecule has 0 spiro atoms. The number of amidine groups is 1. The van der Waals surface area contributed by atoms with Gasteiger partial charge >= 0.3 is 0 Å². The number of nitrogens with one attached hydrogen (secondary N) is 2. The summed E-state index contributed by atoms with van der Waals surface area (Å²) in [6.07, 6.45) is 2.02. The topological polar surface area (TPSA) is 139 Å². The van der Waals surface area contributed by atoms with E-state index in [0.29, 0.717) is 40.5 Å². The van der Waals surface area contributed by atoms with Crippen molar-refractivity contribution in [1.29, 1.82) is 0 Å². The maximum Gasteiger partial charge on any atom is 0.287 e. The maximum absolute atomic E-state index is 13.3. The lowest BCUT2D eigenvalue weighted by molar-refractivity contribution is -0.385. The van der Waals surface area contributed by atoms with Gasteiger partial charge in [-0.25, -0.2) is 9.98 Å². The van der Waals surface area contributed by atoms with E-state index in [4.69, 9.17) is 16.3 Å². The summed E-state index contributed by atoms with van der Waals surface area (Å²) in [7, 11) is 0. The number of nitro groups is 1. The monoisotopic (exact) mass is 582 g/mol. The van der Waals surface area contributed by atoms with Crippen LogP contribution < -0.4 is 15.4 Å². The Morgan fingerprint density at radius 3 is 2.58 bits per heavy atom. The van der Waals surface area contributed by atoms with Gasteiger partial charge in [-0.05, 0) is 61.0 Å². The first kappa shape index (κ1) is 28.8. The van der Waals surface area contributed by atoms with Crippen LogP contribution in [0.3, 0.4) is 0 Å². The van der Waals surface area contributed by atoms with E-state index < -0.39 is 10.2 Å². The lowest BCUT2D eigenvalue weighted by Gasteiger charge is -2.17. The summed E-state index contributed by atoms with van der Waals surface area (Å²) in [6, 6.07) is 16.8. The average molecular weight is 583 g/mol. The van der Waals surface area contributed by atoms with Crippen molar-refractivity contribution in [3.05, 3.63) is 82.0 Å². The van der Waals surface area contributed by atoms with Gasteiger partial charge in [-0.2, -0.15) is 0 Å². The molecular formula is C27H27ClN6O5S. The van der Waals surface area contributed by atoms with E-state index in [-0.39, 0.29) is 30.5 Å². The molecule has 1 fully saturated rings. The highest BCUT2D eigenvalue weighted by molar-refractivity contribution is 8.15. The molecule has 1 aromatic heterocycles. The van der Waals surface area contributed by atoms with Gasteiger partial charge in [0.25, 0.3) is 5.69 Å². The molecule has 2 amide bonds. The number of nitrogens with zero attached hydrogens (tertiary/aromatic N) is 4. The minimum Gasteiger partial charge on any atom is -0.494 e. The molecule has 0 radical (unpaired) electrons. The second-order valence-corrected chi connectivity index (χ2v) is 10.3. The first-order chi connectivity index (χ1) is 19.3. The number of carbonyl (C=O) groups excluding carboxylic acids is 2. The highest BCUT2D eigenvalue weighted by Gasteiger charge is 2.39. The van der Waals surface area contributed by atoms with Gasteiger partial charge in [0, 0.05) is 36.3 Å². The van der Waals surface area contributed by atoms with E-state index in [1.54, 1.807) is 48.5 Å². The second kappa shape index (κ2) is 13.8. The second-order valence-electron chi connectivity index (χ2n) is 8.68. The molecule has 2 aromatic carbocycles. The molecule has 1 atom stereocenters.